The van der Waals surface area contributed by atoms with Gasteiger partial charge in [-0.3, -0.25) is 0 Å². The van der Waals surface area contributed by atoms with Gasteiger partial charge in [0, 0.05) is 12.5 Å². The summed E-state index contributed by atoms with van der Waals surface area (Å²) in [6, 6.07) is 0. The molecule has 0 bridgehead atoms. The van der Waals surface area contributed by atoms with Gasteiger partial charge in [0.2, 0.25) is 0 Å². The Balaban J connectivity index is 2.14. The lowest BCUT2D eigenvalue weighted by atomic mass is 9.98. The fourth-order valence-electron chi connectivity index (χ4n) is 1.85. The van der Waals surface area contributed by atoms with E-state index >= 15 is 0 Å². The van der Waals surface area contributed by atoms with Crippen LogP contribution in [0, 0.1) is 0 Å². The molecule has 1 fully saturated rings. The maximum absolute atomic E-state index is 5.77. The molecule has 0 saturated carbocycles. The molecular formula is C9H13ClN4. The monoisotopic (exact) mass is 212 g/mol. The van der Waals surface area contributed by atoms with E-state index in [0.717, 1.165) is 25.3 Å². The van der Waals surface area contributed by atoms with Crippen LogP contribution in [0.5, 0.6) is 0 Å². The summed E-state index contributed by atoms with van der Waals surface area (Å²) < 4.78 is 0. The van der Waals surface area contributed by atoms with Crippen molar-refractivity contribution in [2.75, 3.05) is 20.1 Å². The molecule has 14 heavy (non-hydrogen) atoms. The van der Waals surface area contributed by atoms with Gasteiger partial charge < -0.3 is 4.90 Å². The van der Waals surface area contributed by atoms with E-state index < -0.39 is 0 Å². The Labute approximate surface area is 88.3 Å². The fourth-order valence-corrected chi connectivity index (χ4v) is 1.98. The first-order valence-corrected chi connectivity index (χ1v) is 5.17. The Morgan fingerprint density at radius 1 is 1.57 bits per heavy atom. The summed E-state index contributed by atoms with van der Waals surface area (Å²) in [5, 5.41) is 8.28. The van der Waals surface area contributed by atoms with Crippen molar-refractivity contribution in [3.05, 3.63) is 17.2 Å². The first kappa shape index (κ1) is 9.80. The summed E-state index contributed by atoms with van der Waals surface area (Å²) in [7, 11) is 2.12. The molecule has 0 aliphatic carbocycles. The Hall–Kier alpha value is -0.740. The lowest BCUT2D eigenvalue weighted by Gasteiger charge is -2.28. The molecule has 1 saturated heterocycles. The van der Waals surface area contributed by atoms with Crippen LogP contribution in [0.4, 0.5) is 0 Å². The Morgan fingerprint density at radius 3 is 3.14 bits per heavy atom. The quantitative estimate of drug-likeness (QED) is 0.705. The number of nitrogens with zero attached hydrogens (tertiary/aromatic N) is 4. The van der Waals surface area contributed by atoms with Gasteiger partial charge in [0.25, 0.3) is 0 Å². The van der Waals surface area contributed by atoms with Crippen molar-refractivity contribution < 1.29 is 0 Å². The predicted molar refractivity (Wildman–Crippen MR) is 54.3 cm³/mol. The van der Waals surface area contributed by atoms with Crippen LogP contribution in [0.15, 0.2) is 6.20 Å². The van der Waals surface area contributed by atoms with Crippen molar-refractivity contribution in [3.63, 3.8) is 0 Å². The Bertz CT molecular complexity index is 317. The van der Waals surface area contributed by atoms with E-state index in [1.807, 2.05) is 0 Å². The van der Waals surface area contributed by atoms with E-state index in [9.17, 15) is 0 Å². The molecule has 2 heterocycles. The zero-order valence-electron chi connectivity index (χ0n) is 8.15. The SMILES string of the molecule is CN1CCCC(c2nncc(Cl)n2)C1. The minimum Gasteiger partial charge on any atom is -0.306 e. The minimum absolute atomic E-state index is 0.389. The van der Waals surface area contributed by atoms with E-state index in [-0.39, 0.29) is 0 Å². The van der Waals surface area contributed by atoms with Crippen LogP contribution >= 0.6 is 11.6 Å². The highest BCUT2D eigenvalue weighted by molar-refractivity contribution is 6.29. The normalized spacial score (nSPS) is 23.7. The molecule has 5 heteroatoms. The number of halogens is 1. The highest BCUT2D eigenvalue weighted by Gasteiger charge is 2.21. The van der Waals surface area contributed by atoms with Crippen LogP contribution in [0.2, 0.25) is 5.15 Å². The molecule has 1 aliphatic rings. The molecule has 2 rings (SSSR count). The molecule has 0 radical (unpaired) electrons. The van der Waals surface area contributed by atoms with Crippen molar-refractivity contribution in [3.8, 4) is 0 Å². The molecule has 4 nitrogen and oxygen atoms in total. The summed E-state index contributed by atoms with van der Waals surface area (Å²) in [6.45, 7) is 2.16. The van der Waals surface area contributed by atoms with Gasteiger partial charge in [-0.05, 0) is 26.4 Å². The Kier molecular flexibility index (Phi) is 2.93. The van der Waals surface area contributed by atoms with E-state index in [4.69, 9.17) is 11.6 Å². The third kappa shape index (κ3) is 2.19. The summed E-state index contributed by atoms with van der Waals surface area (Å²) in [5.74, 6) is 1.17. The number of hydrogen-bond donors (Lipinski definition) is 0. The van der Waals surface area contributed by atoms with Gasteiger partial charge in [0.1, 0.15) is 0 Å². The summed E-state index contributed by atoms with van der Waals surface area (Å²) in [5.41, 5.74) is 0. The Morgan fingerprint density at radius 2 is 2.43 bits per heavy atom. The maximum Gasteiger partial charge on any atom is 0.157 e. The van der Waals surface area contributed by atoms with Gasteiger partial charge >= 0.3 is 0 Å². The summed E-state index contributed by atoms with van der Waals surface area (Å²) in [4.78, 5) is 6.49. The second kappa shape index (κ2) is 4.19. The predicted octanol–water partition coefficient (Wildman–Crippen LogP) is 1.33. The average Bonchev–Trinajstić information content (AvgIpc) is 2.18. The molecule has 0 amide bonds. The lowest BCUT2D eigenvalue weighted by Crippen LogP contribution is -2.31. The molecule has 1 unspecified atom stereocenters. The molecule has 0 N–H and O–H groups in total. The molecule has 1 atom stereocenters. The second-order valence-corrected chi connectivity index (χ2v) is 4.13. The number of likely N-dealkylation sites (N-methyl/N-ethyl adjacent to an activating group) is 1. The van der Waals surface area contributed by atoms with Crippen LogP contribution in [-0.2, 0) is 0 Å². The standard InChI is InChI=1S/C9H13ClN4/c1-14-4-2-3-7(6-14)9-12-8(10)5-11-13-9/h5,7H,2-4,6H2,1H3. The lowest BCUT2D eigenvalue weighted by molar-refractivity contribution is 0.245. The van der Waals surface area contributed by atoms with Gasteiger partial charge in [0.15, 0.2) is 11.0 Å². The van der Waals surface area contributed by atoms with Gasteiger partial charge in [-0.1, -0.05) is 11.6 Å². The summed E-state index contributed by atoms with van der Waals surface area (Å²) in [6.07, 6.45) is 3.79. The fraction of sp³-hybridized carbons (Fsp3) is 0.667. The van der Waals surface area contributed by atoms with Crippen LogP contribution < -0.4 is 0 Å². The molecule has 1 aromatic heterocycles. The number of hydrogen-bond acceptors (Lipinski definition) is 4. The molecule has 76 valence electrons. The maximum atomic E-state index is 5.77. The third-order valence-electron chi connectivity index (χ3n) is 2.54. The minimum atomic E-state index is 0.389. The van der Waals surface area contributed by atoms with Crippen LogP contribution in [0.1, 0.15) is 24.6 Å². The number of piperidine rings is 1. The zero-order valence-corrected chi connectivity index (χ0v) is 8.91. The van der Waals surface area contributed by atoms with Gasteiger partial charge in [-0.25, -0.2) is 4.98 Å². The average molecular weight is 213 g/mol. The first-order valence-electron chi connectivity index (χ1n) is 4.79. The van der Waals surface area contributed by atoms with Crippen LogP contribution in [-0.4, -0.2) is 40.2 Å². The first-order chi connectivity index (χ1) is 6.75. The molecular weight excluding hydrogens is 200 g/mol. The smallest absolute Gasteiger partial charge is 0.157 e. The van der Waals surface area contributed by atoms with Gasteiger partial charge in [0.05, 0.1) is 6.20 Å². The van der Waals surface area contributed by atoms with Gasteiger partial charge in [-0.2, -0.15) is 5.10 Å². The molecule has 1 aromatic rings. The van der Waals surface area contributed by atoms with Crippen LogP contribution in [0.25, 0.3) is 0 Å². The van der Waals surface area contributed by atoms with Crippen molar-refractivity contribution in [1.82, 2.24) is 20.1 Å². The second-order valence-electron chi connectivity index (χ2n) is 3.74. The van der Waals surface area contributed by atoms with E-state index in [1.165, 1.54) is 12.6 Å². The van der Waals surface area contributed by atoms with Crippen molar-refractivity contribution in [1.29, 1.82) is 0 Å². The number of aromatic nitrogens is 3. The number of likely N-dealkylation sites (tertiary alicyclic amines) is 1. The van der Waals surface area contributed by atoms with Crippen molar-refractivity contribution >= 4 is 11.6 Å². The summed E-state index contributed by atoms with van der Waals surface area (Å²) >= 11 is 5.77. The topological polar surface area (TPSA) is 41.9 Å². The van der Waals surface area contributed by atoms with Crippen molar-refractivity contribution in [2.24, 2.45) is 0 Å². The largest absolute Gasteiger partial charge is 0.306 e. The molecule has 0 aromatic carbocycles. The van der Waals surface area contributed by atoms with E-state index in [0.29, 0.717) is 11.1 Å². The van der Waals surface area contributed by atoms with E-state index in [2.05, 4.69) is 27.1 Å². The zero-order chi connectivity index (χ0) is 9.97. The van der Waals surface area contributed by atoms with Gasteiger partial charge in [-0.15, -0.1) is 5.10 Å². The van der Waals surface area contributed by atoms with E-state index in [1.54, 1.807) is 0 Å². The molecule has 1 aliphatic heterocycles. The molecule has 0 spiro atoms. The number of rotatable bonds is 1. The highest BCUT2D eigenvalue weighted by Crippen LogP contribution is 2.23. The van der Waals surface area contributed by atoms with Crippen LogP contribution in [0.3, 0.4) is 0 Å². The third-order valence-corrected chi connectivity index (χ3v) is 2.72. The highest BCUT2D eigenvalue weighted by atomic mass is 35.5. The van der Waals surface area contributed by atoms with Crippen molar-refractivity contribution in [2.45, 2.75) is 18.8 Å².